The van der Waals surface area contributed by atoms with Crippen LogP contribution in [0.4, 0.5) is 0 Å². The van der Waals surface area contributed by atoms with Crippen molar-refractivity contribution >= 4 is 5.91 Å². The number of nitrogens with zero attached hydrogens (tertiary/aromatic N) is 1. The molecule has 0 bridgehead atoms. The summed E-state index contributed by atoms with van der Waals surface area (Å²) in [5.74, 6) is 0.103. The first-order valence-corrected chi connectivity index (χ1v) is 5.92. The molecule has 0 atom stereocenters. The van der Waals surface area contributed by atoms with Crippen molar-refractivity contribution in [2.75, 3.05) is 33.4 Å². The van der Waals surface area contributed by atoms with E-state index in [0.29, 0.717) is 26.3 Å². The number of hydrogen-bond donors (Lipinski definition) is 1. The first-order valence-electron chi connectivity index (χ1n) is 5.92. The molecule has 4 heteroatoms. The van der Waals surface area contributed by atoms with Gasteiger partial charge in [-0.2, -0.15) is 0 Å². The molecule has 1 aliphatic rings. The van der Waals surface area contributed by atoms with Gasteiger partial charge in [0.1, 0.15) is 0 Å². The summed E-state index contributed by atoms with van der Waals surface area (Å²) in [5, 5.41) is 3.08. The third kappa shape index (κ3) is 3.05. The highest BCUT2D eigenvalue weighted by Crippen LogP contribution is 2.10. The predicted molar refractivity (Wildman–Crippen MR) is 65.9 cm³/mol. The van der Waals surface area contributed by atoms with Crippen LogP contribution in [0.3, 0.4) is 0 Å². The number of hydrogen-bond acceptors (Lipinski definition) is 3. The normalized spacial score (nSPS) is 15.9. The molecule has 0 saturated carbocycles. The summed E-state index contributed by atoms with van der Waals surface area (Å²) in [6.07, 6.45) is 0. The first kappa shape index (κ1) is 12.1. The number of ether oxygens (including phenoxy) is 1. The molecule has 2 rings (SSSR count). The minimum Gasteiger partial charge on any atom is -0.378 e. The number of carbonyl (C=O) groups excluding carboxylic acids is 1. The number of nitrogens with one attached hydrogen (secondary N) is 1. The van der Waals surface area contributed by atoms with E-state index in [-0.39, 0.29) is 5.91 Å². The van der Waals surface area contributed by atoms with Gasteiger partial charge in [0.25, 0.3) is 5.91 Å². The summed E-state index contributed by atoms with van der Waals surface area (Å²) >= 11 is 0. The Balaban J connectivity index is 2.09. The molecule has 4 nitrogen and oxygen atoms in total. The Morgan fingerprint density at radius 3 is 2.88 bits per heavy atom. The number of amides is 1. The molecule has 1 aliphatic heterocycles. The maximum Gasteiger partial charge on any atom is 0.254 e. The Hall–Kier alpha value is -1.39. The number of benzene rings is 1. The molecule has 1 N–H and O–H groups in total. The number of rotatable bonds is 3. The second-order valence-electron chi connectivity index (χ2n) is 4.14. The van der Waals surface area contributed by atoms with Gasteiger partial charge >= 0.3 is 0 Å². The molecule has 1 saturated heterocycles. The molecule has 1 aromatic rings. The molecule has 1 aromatic carbocycles. The average molecular weight is 234 g/mol. The van der Waals surface area contributed by atoms with Crippen LogP contribution in [-0.2, 0) is 11.3 Å². The Labute approximate surface area is 102 Å². The van der Waals surface area contributed by atoms with Crippen molar-refractivity contribution in [2.45, 2.75) is 6.54 Å². The maximum absolute atomic E-state index is 12.2. The van der Waals surface area contributed by atoms with Gasteiger partial charge in [-0.25, -0.2) is 0 Å². The molecule has 17 heavy (non-hydrogen) atoms. The zero-order valence-corrected chi connectivity index (χ0v) is 10.1. The summed E-state index contributed by atoms with van der Waals surface area (Å²) in [6.45, 7) is 3.44. The van der Waals surface area contributed by atoms with Gasteiger partial charge in [0.15, 0.2) is 0 Å². The lowest BCUT2D eigenvalue weighted by Gasteiger charge is -2.27. The van der Waals surface area contributed by atoms with Crippen molar-refractivity contribution in [3.8, 4) is 0 Å². The Morgan fingerprint density at radius 2 is 2.18 bits per heavy atom. The fraction of sp³-hybridized carbons (Fsp3) is 0.462. The fourth-order valence-electron chi connectivity index (χ4n) is 1.97. The molecular formula is C13H18N2O2. The van der Waals surface area contributed by atoms with Crippen LogP contribution in [0, 0.1) is 0 Å². The molecule has 0 aromatic heterocycles. The maximum atomic E-state index is 12.2. The molecule has 0 spiro atoms. The quantitative estimate of drug-likeness (QED) is 0.844. The predicted octanol–water partition coefficient (Wildman–Crippen LogP) is 0.878. The van der Waals surface area contributed by atoms with Crippen LogP contribution in [0.25, 0.3) is 0 Å². The summed E-state index contributed by atoms with van der Waals surface area (Å²) in [6, 6.07) is 7.78. The van der Waals surface area contributed by atoms with Gasteiger partial charge in [0, 0.05) is 25.2 Å². The topological polar surface area (TPSA) is 41.6 Å². The summed E-state index contributed by atoms with van der Waals surface area (Å²) < 4.78 is 5.24. The molecule has 0 unspecified atom stereocenters. The lowest BCUT2D eigenvalue weighted by molar-refractivity contribution is 0.0303. The molecule has 1 fully saturated rings. The fourth-order valence-corrected chi connectivity index (χ4v) is 1.97. The molecule has 1 heterocycles. The van der Waals surface area contributed by atoms with E-state index >= 15 is 0 Å². The van der Waals surface area contributed by atoms with E-state index in [0.717, 1.165) is 17.7 Å². The van der Waals surface area contributed by atoms with Gasteiger partial charge in [-0.3, -0.25) is 4.79 Å². The van der Waals surface area contributed by atoms with E-state index in [1.807, 2.05) is 36.2 Å². The van der Waals surface area contributed by atoms with Crippen LogP contribution in [0.2, 0.25) is 0 Å². The van der Waals surface area contributed by atoms with Crippen LogP contribution in [0.5, 0.6) is 0 Å². The van der Waals surface area contributed by atoms with Gasteiger partial charge in [0.05, 0.1) is 13.2 Å². The van der Waals surface area contributed by atoms with Gasteiger partial charge in [-0.1, -0.05) is 12.1 Å². The van der Waals surface area contributed by atoms with Gasteiger partial charge < -0.3 is 15.0 Å². The highest BCUT2D eigenvalue weighted by molar-refractivity contribution is 5.94. The van der Waals surface area contributed by atoms with E-state index in [1.54, 1.807) is 0 Å². The van der Waals surface area contributed by atoms with Crippen LogP contribution < -0.4 is 5.32 Å². The Morgan fingerprint density at radius 1 is 1.41 bits per heavy atom. The Bertz CT molecular complexity index is 387. The van der Waals surface area contributed by atoms with Crippen molar-refractivity contribution in [3.63, 3.8) is 0 Å². The zero-order valence-electron chi connectivity index (χ0n) is 10.1. The molecule has 92 valence electrons. The number of carbonyl (C=O) groups is 1. The average Bonchev–Trinajstić information content (AvgIpc) is 2.40. The molecule has 1 amide bonds. The molecular weight excluding hydrogens is 216 g/mol. The summed E-state index contributed by atoms with van der Waals surface area (Å²) in [5.41, 5.74) is 1.89. The Kier molecular flexibility index (Phi) is 4.12. The lowest BCUT2D eigenvalue weighted by Crippen LogP contribution is -2.40. The summed E-state index contributed by atoms with van der Waals surface area (Å²) in [4.78, 5) is 14.1. The highest BCUT2D eigenvalue weighted by atomic mass is 16.5. The largest absolute Gasteiger partial charge is 0.378 e. The van der Waals surface area contributed by atoms with E-state index in [1.165, 1.54) is 0 Å². The van der Waals surface area contributed by atoms with Crippen molar-refractivity contribution in [1.29, 1.82) is 0 Å². The zero-order chi connectivity index (χ0) is 12.1. The van der Waals surface area contributed by atoms with Crippen molar-refractivity contribution in [1.82, 2.24) is 10.2 Å². The van der Waals surface area contributed by atoms with E-state index in [9.17, 15) is 4.79 Å². The second kappa shape index (κ2) is 5.80. The van der Waals surface area contributed by atoms with Crippen LogP contribution in [-0.4, -0.2) is 44.2 Å². The van der Waals surface area contributed by atoms with Crippen molar-refractivity contribution in [2.24, 2.45) is 0 Å². The highest BCUT2D eigenvalue weighted by Gasteiger charge is 2.18. The number of morpholine rings is 1. The van der Waals surface area contributed by atoms with Crippen molar-refractivity contribution < 1.29 is 9.53 Å². The van der Waals surface area contributed by atoms with Crippen LogP contribution in [0.1, 0.15) is 15.9 Å². The van der Waals surface area contributed by atoms with Gasteiger partial charge in [0.2, 0.25) is 0 Å². The van der Waals surface area contributed by atoms with Crippen LogP contribution >= 0.6 is 0 Å². The van der Waals surface area contributed by atoms with Gasteiger partial charge in [-0.05, 0) is 24.7 Å². The van der Waals surface area contributed by atoms with Crippen molar-refractivity contribution in [3.05, 3.63) is 35.4 Å². The third-order valence-electron chi connectivity index (χ3n) is 2.85. The van der Waals surface area contributed by atoms with E-state index in [4.69, 9.17) is 4.74 Å². The standard InChI is InChI=1S/C13H18N2O2/c1-14-10-11-3-2-4-12(9-11)13(16)15-5-7-17-8-6-15/h2-4,9,14H,5-8,10H2,1H3. The minimum atomic E-state index is 0.103. The third-order valence-corrected chi connectivity index (χ3v) is 2.85. The first-order chi connectivity index (χ1) is 8.31. The van der Waals surface area contributed by atoms with Crippen LogP contribution in [0.15, 0.2) is 24.3 Å². The minimum absolute atomic E-state index is 0.103. The lowest BCUT2D eigenvalue weighted by atomic mass is 10.1. The molecule has 0 radical (unpaired) electrons. The SMILES string of the molecule is CNCc1cccc(C(=O)N2CCOCC2)c1. The molecule has 0 aliphatic carbocycles. The van der Waals surface area contributed by atoms with E-state index < -0.39 is 0 Å². The summed E-state index contributed by atoms with van der Waals surface area (Å²) in [7, 11) is 1.90. The monoisotopic (exact) mass is 234 g/mol. The smallest absolute Gasteiger partial charge is 0.254 e. The van der Waals surface area contributed by atoms with E-state index in [2.05, 4.69) is 5.32 Å². The van der Waals surface area contributed by atoms with Gasteiger partial charge in [-0.15, -0.1) is 0 Å². The second-order valence-corrected chi connectivity index (χ2v) is 4.14.